The number of ether oxygens (including phenoxy) is 5. The van der Waals surface area contributed by atoms with Gasteiger partial charge in [0.15, 0.2) is 18.3 Å². The molecule has 0 N–H and O–H groups in total. The van der Waals surface area contributed by atoms with Gasteiger partial charge >= 0.3 is 75.3 Å². The maximum Gasteiger partial charge on any atom is 1.00 e. The Morgan fingerprint density at radius 3 is 1.95 bits per heavy atom. The summed E-state index contributed by atoms with van der Waals surface area (Å²) in [5, 5.41) is 3.29. The van der Waals surface area contributed by atoms with Crippen molar-refractivity contribution >= 4 is 61.9 Å². The molecular formula is C20H30KNO14S3. The van der Waals surface area contributed by atoms with Crippen LogP contribution < -0.4 is 51.4 Å². The molecule has 0 aliphatic carbocycles. The molecule has 0 saturated carbocycles. The van der Waals surface area contributed by atoms with E-state index in [1.165, 1.54) is 6.26 Å². The fraction of sp³-hybridized carbons (Fsp3) is 0.750. The number of carbonyl (C=O) groups is 4. The molecule has 0 aromatic heterocycles. The molecule has 0 aromatic rings. The van der Waals surface area contributed by atoms with Crippen LogP contribution in [0.25, 0.3) is 0 Å². The van der Waals surface area contributed by atoms with Gasteiger partial charge in [0, 0.05) is 50.5 Å². The van der Waals surface area contributed by atoms with Gasteiger partial charge in [0.1, 0.15) is 23.2 Å². The molecule has 218 valence electrons. The number of hydrogen-bond acceptors (Lipinski definition) is 16. The zero-order valence-electron chi connectivity index (χ0n) is 22.3. The Balaban J connectivity index is 0.0000144. The maximum atomic E-state index is 11.9. The second-order valence-corrected chi connectivity index (χ2v) is 11.6. The first kappa shape index (κ1) is 38.4. The summed E-state index contributed by atoms with van der Waals surface area (Å²) in [5.74, 6) is -2.82. The second-order valence-electron chi connectivity index (χ2n) is 7.89. The van der Waals surface area contributed by atoms with Gasteiger partial charge in [-0.25, -0.2) is 0 Å². The monoisotopic (exact) mass is 643 g/mol. The predicted molar refractivity (Wildman–Crippen MR) is 131 cm³/mol. The summed E-state index contributed by atoms with van der Waals surface area (Å²) < 4.78 is 75.2. The number of unbranched alkanes of at least 4 members (excludes halogenated alkanes) is 1. The topological polar surface area (TPSA) is 210 Å². The van der Waals surface area contributed by atoms with Crippen molar-refractivity contribution in [3.8, 4) is 0 Å². The van der Waals surface area contributed by atoms with Crippen molar-refractivity contribution in [2.75, 3.05) is 18.6 Å². The van der Waals surface area contributed by atoms with E-state index in [-0.39, 0.29) is 62.8 Å². The van der Waals surface area contributed by atoms with E-state index < -0.39 is 81.5 Å². The van der Waals surface area contributed by atoms with Crippen LogP contribution in [0.3, 0.4) is 0 Å². The van der Waals surface area contributed by atoms with E-state index in [0.29, 0.717) is 30.4 Å². The molecule has 19 heteroatoms. The Bertz CT molecular complexity index is 1020. The van der Waals surface area contributed by atoms with Gasteiger partial charge in [0.05, 0.1) is 0 Å². The summed E-state index contributed by atoms with van der Waals surface area (Å²) >= 11 is 0.679. The van der Waals surface area contributed by atoms with Gasteiger partial charge in [-0.15, -0.1) is 0 Å². The molecule has 1 aliphatic rings. The molecule has 1 heterocycles. The Hall–Kier alpha value is -0.644. The first-order valence-electron chi connectivity index (χ1n) is 11.1. The van der Waals surface area contributed by atoms with Crippen molar-refractivity contribution < 1.29 is 116 Å². The molecule has 1 fully saturated rings. The molecule has 39 heavy (non-hydrogen) atoms. The zero-order valence-corrected chi connectivity index (χ0v) is 27.9. The van der Waals surface area contributed by atoms with Crippen molar-refractivity contribution in [3.63, 3.8) is 0 Å². The van der Waals surface area contributed by atoms with Crippen molar-refractivity contribution in [1.29, 1.82) is 0 Å². The molecular weight excluding hydrogens is 614 g/mol. The molecule has 0 aromatic carbocycles. The second kappa shape index (κ2) is 18.7. The van der Waals surface area contributed by atoms with Gasteiger partial charge in [-0.2, -0.15) is 8.42 Å². The van der Waals surface area contributed by atoms with Crippen LogP contribution >= 0.6 is 11.8 Å². The molecule has 15 nitrogen and oxygen atoms in total. The normalized spacial score (nSPS) is 23.9. The Morgan fingerprint density at radius 1 is 0.923 bits per heavy atom. The van der Waals surface area contributed by atoms with Gasteiger partial charge in [0.25, 0.3) is 10.4 Å². The quantitative estimate of drug-likeness (QED) is 0.0227. The molecule has 0 amide bonds. The van der Waals surface area contributed by atoms with Crippen LogP contribution in [0.4, 0.5) is 0 Å². The SMILES string of the molecule is CC(=O)OC[C@H]1O[C@@H](S/C(CCCCS(C)=O)=N\OS(=O)(=O)[O-])[C@H](OC(C)=O)[C@@H](OC(C)=O)[C@@H]1OC(C)=O.[K+]. The molecule has 0 spiro atoms. The molecule has 1 saturated heterocycles. The van der Waals surface area contributed by atoms with Crippen molar-refractivity contribution in [2.45, 2.75) is 76.8 Å². The average Bonchev–Trinajstić information content (AvgIpc) is 2.75. The number of esters is 4. The summed E-state index contributed by atoms with van der Waals surface area (Å²) in [6.45, 7) is 3.85. The van der Waals surface area contributed by atoms with Gasteiger partial charge in [-0.1, -0.05) is 16.9 Å². The van der Waals surface area contributed by atoms with Crippen LogP contribution in [-0.2, 0) is 68.3 Å². The summed E-state index contributed by atoms with van der Waals surface area (Å²) in [5.41, 5.74) is -1.30. The van der Waals surface area contributed by atoms with Crippen molar-refractivity contribution in [2.24, 2.45) is 5.16 Å². The average molecular weight is 644 g/mol. The number of nitrogens with zero attached hydrogens (tertiary/aromatic N) is 1. The van der Waals surface area contributed by atoms with Crippen LogP contribution in [0.2, 0.25) is 0 Å². The van der Waals surface area contributed by atoms with Gasteiger partial charge < -0.3 is 28.2 Å². The Labute approximate surface area is 275 Å². The number of carbonyl (C=O) groups excluding carboxylic acids is 4. The first-order chi connectivity index (χ1) is 17.6. The summed E-state index contributed by atoms with van der Waals surface area (Å²) in [6.07, 6.45) is -3.15. The minimum Gasteiger partial charge on any atom is -0.714 e. The number of thioether (sulfide) groups is 1. The van der Waals surface area contributed by atoms with Gasteiger partial charge in [0.2, 0.25) is 0 Å². The summed E-state index contributed by atoms with van der Waals surface area (Å²) in [4.78, 5) is 47.1. The molecule has 1 rings (SSSR count). The van der Waals surface area contributed by atoms with Crippen molar-refractivity contribution in [1.82, 2.24) is 0 Å². The number of rotatable bonds is 13. The van der Waals surface area contributed by atoms with Crippen LogP contribution in [-0.4, -0.2) is 94.6 Å². The largest absolute Gasteiger partial charge is 1.00 e. The van der Waals surface area contributed by atoms with Crippen LogP contribution in [0.1, 0.15) is 47.0 Å². The Kier molecular flexibility index (Phi) is 18.4. The van der Waals surface area contributed by atoms with Crippen LogP contribution in [0, 0.1) is 0 Å². The summed E-state index contributed by atoms with van der Waals surface area (Å²) in [7, 11) is -6.31. The molecule has 1 unspecified atom stereocenters. The van der Waals surface area contributed by atoms with E-state index in [1.807, 2.05) is 0 Å². The number of hydrogen-bond donors (Lipinski definition) is 0. The third kappa shape index (κ3) is 16.4. The van der Waals surface area contributed by atoms with E-state index in [0.717, 1.165) is 27.7 Å². The van der Waals surface area contributed by atoms with E-state index in [2.05, 4.69) is 9.44 Å². The summed E-state index contributed by atoms with van der Waals surface area (Å²) in [6, 6.07) is 0. The predicted octanol–water partition coefficient (Wildman–Crippen LogP) is -2.85. The molecule has 0 bridgehead atoms. The molecule has 0 radical (unpaired) electrons. The fourth-order valence-electron chi connectivity index (χ4n) is 3.21. The number of oxime groups is 1. The third-order valence-electron chi connectivity index (χ3n) is 4.50. The van der Waals surface area contributed by atoms with E-state index in [4.69, 9.17) is 23.7 Å². The maximum absolute atomic E-state index is 11.9. The van der Waals surface area contributed by atoms with Gasteiger partial charge in [-0.3, -0.25) is 27.7 Å². The minimum absolute atomic E-state index is 0. The standard InChI is InChI=1S/C20H31NO14S3.K/c1-11(22)30-10-15-17(31-12(2)23)18(32-13(3)24)19(33-14(4)25)20(34-15)36-16(21-35-38(27,28)29)8-6-7-9-37(5)26;/h15,17-20H,6-10H2,1-5H3,(H,27,28,29);/q;+1/p-1/b21-16-;/t15-,17-,18+,19-,20+,37?;/m1./s1. The van der Waals surface area contributed by atoms with Crippen LogP contribution in [0.15, 0.2) is 5.16 Å². The molecule has 1 aliphatic heterocycles. The smallest absolute Gasteiger partial charge is 0.714 e. The van der Waals surface area contributed by atoms with Crippen molar-refractivity contribution in [3.05, 3.63) is 0 Å². The van der Waals surface area contributed by atoms with E-state index >= 15 is 0 Å². The fourth-order valence-corrected chi connectivity index (χ4v) is 5.21. The first-order valence-corrected chi connectivity index (χ1v) is 15.0. The minimum atomic E-state index is -5.22. The Morgan fingerprint density at radius 2 is 1.46 bits per heavy atom. The van der Waals surface area contributed by atoms with Gasteiger partial charge in [-0.05, 0) is 19.3 Å². The zero-order chi connectivity index (χ0) is 29.0. The third-order valence-corrected chi connectivity index (χ3v) is 6.79. The van der Waals surface area contributed by atoms with Crippen LogP contribution in [0.5, 0.6) is 0 Å². The van der Waals surface area contributed by atoms with E-state index in [9.17, 15) is 36.4 Å². The molecule has 6 atom stereocenters. The van der Waals surface area contributed by atoms with E-state index in [1.54, 1.807) is 0 Å².